The van der Waals surface area contributed by atoms with Gasteiger partial charge in [-0.15, -0.1) is 0 Å². The van der Waals surface area contributed by atoms with Crippen LogP contribution in [0.5, 0.6) is 0 Å². The monoisotopic (exact) mass is 364 g/mol. The molecule has 27 heavy (non-hydrogen) atoms. The molecule has 6 heteroatoms. The van der Waals surface area contributed by atoms with Crippen molar-refractivity contribution in [2.24, 2.45) is 0 Å². The van der Waals surface area contributed by atoms with E-state index in [1.54, 1.807) is 6.07 Å². The van der Waals surface area contributed by atoms with Gasteiger partial charge >= 0.3 is 5.97 Å². The number of aromatic carboxylic acids is 1. The van der Waals surface area contributed by atoms with Crippen LogP contribution in [-0.2, 0) is 6.54 Å². The van der Waals surface area contributed by atoms with Crippen molar-refractivity contribution in [3.63, 3.8) is 0 Å². The van der Waals surface area contributed by atoms with Crippen LogP contribution in [0.3, 0.4) is 0 Å². The van der Waals surface area contributed by atoms with Crippen molar-refractivity contribution in [1.82, 2.24) is 19.4 Å². The first-order chi connectivity index (χ1) is 13.1. The molecule has 4 rings (SSSR count). The summed E-state index contributed by atoms with van der Waals surface area (Å²) in [5, 5.41) is 9.19. The molecule has 1 N–H and O–H groups in total. The number of imidazole rings is 1. The Morgan fingerprint density at radius 1 is 1.22 bits per heavy atom. The van der Waals surface area contributed by atoms with Gasteiger partial charge in [-0.2, -0.15) is 0 Å². The second-order valence-electron chi connectivity index (χ2n) is 7.09. The number of rotatable bonds is 5. The average molecular weight is 364 g/mol. The lowest BCUT2D eigenvalue weighted by atomic mass is 10.0. The second-order valence-corrected chi connectivity index (χ2v) is 7.09. The fourth-order valence-corrected chi connectivity index (χ4v) is 3.90. The highest BCUT2D eigenvalue weighted by Crippen LogP contribution is 2.28. The van der Waals surface area contributed by atoms with E-state index >= 15 is 0 Å². The van der Waals surface area contributed by atoms with Gasteiger partial charge in [0.05, 0.1) is 5.56 Å². The summed E-state index contributed by atoms with van der Waals surface area (Å²) in [6.07, 6.45) is 3.96. The van der Waals surface area contributed by atoms with E-state index in [-0.39, 0.29) is 5.56 Å². The maximum atomic E-state index is 11.2. The first kappa shape index (κ1) is 17.7. The van der Waals surface area contributed by atoms with E-state index in [0.717, 1.165) is 17.9 Å². The molecule has 0 amide bonds. The molecule has 6 nitrogen and oxygen atoms in total. The molecular weight excluding hydrogens is 340 g/mol. The van der Waals surface area contributed by atoms with Crippen molar-refractivity contribution in [1.29, 1.82) is 0 Å². The lowest BCUT2D eigenvalue weighted by Crippen LogP contribution is -2.23. The minimum absolute atomic E-state index is 0.157. The molecule has 1 saturated heterocycles. The predicted octanol–water partition coefficient (Wildman–Crippen LogP) is 3.97. The van der Waals surface area contributed by atoms with Gasteiger partial charge in [-0.05, 0) is 51.4 Å². The van der Waals surface area contributed by atoms with E-state index in [1.165, 1.54) is 37.7 Å². The third kappa shape index (κ3) is 3.21. The number of nitrogens with zero attached hydrogens (tertiary/aromatic N) is 4. The third-order valence-corrected chi connectivity index (χ3v) is 5.49. The summed E-state index contributed by atoms with van der Waals surface area (Å²) in [4.78, 5) is 22.7. The predicted molar refractivity (Wildman–Crippen MR) is 105 cm³/mol. The summed E-state index contributed by atoms with van der Waals surface area (Å²) in [5.74, 6) is -0.167. The highest BCUT2D eigenvalue weighted by molar-refractivity contribution is 5.91. The number of carboxylic acids is 1. The van der Waals surface area contributed by atoms with Crippen LogP contribution in [0.2, 0.25) is 0 Å². The van der Waals surface area contributed by atoms with Crippen LogP contribution in [-0.4, -0.2) is 43.6 Å². The Balaban J connectivity index is 1.69. The molecule has 0 radical (unpaired) electrons. The van der Waals surface area contributed by atoms with Crippen molar-refractivity contribution in [2.45, 2.75) is 39.3 Å². The molecule has 1 fully saturated rings. The molecule has 2 aromatic heterocycles. The molecule has 0 spiro atoms. The van der Waals surface area contributed by atoms with Crippen LogP contribution in [0.4, 0.5) is 0 Å². The Kier molecular flexibility index (Phi) is 4.66. The van der Waals surface area contributed by atoms with Crippen LogP contribution in [0.15, 0.2) is 36.5 Å². The Labute approximate surface area is 158 Å². The molecule has 3 heterocycles. The molecule has 1 aliphatic rings. The average Bonchev–Trinajstić information content (AvgIpc) is 3.34. The second kappa shape index (κ2) is 7.12. The van der Waals surface area contributed by atoms with E-state index in [1.807, 2.05) is 11.5 Å². The molecular formula is C21H24N4O2. The van der Waals surface area contributed by atoms with Crippen molar-refractivity contribution in [3.05, 3.63) is 47.7 Å². The van der Waals surface area contributed by atoms with Crippen LogP contribution >= 0.6 is 0 Å². The molecule has 140 valence electrons. The van der Waals surface area contributed by atoms with Gasteiger partial charge in [0.15, 0.2) is 5.65 Å². The summed E-state index contributed by atoms with van der Waals surface area (Å²) in [6.45, 7) is 7.37. The van der Waals surface area contributed by atoms with Gasteiger partial charge in [0.2, 0.25) is 0 Å². The van der Waals surface area contributed by atoms with Gasteiger partial charge in [0, 0.05) is 24.3 Å². The van der Waals surface area contributed by atoms with Crippen molar-refractivity contribution >= 4 is 17.1 Å². The molecule has 0 unspecified atom stereocenters. The summed E-state index contributed by atoms with van der Waals surface area (Å²) < 4.78 is 2.03. The van der Waals surface area contributed by atoms with Crippen LogP contribution in [0, 0.1) is 0 Å². The molecule has 0 saturated carbocycles. The zero-order valence-electron chi connectivity index (χ0n) is 15.7. The Bertz CT molecular complexity index is 972. The molecule has 1 aromatic carbocycles. The highest BCUT2D eigenvalue weighted by Gasteiger charge is 2.20. The van der Waals surface area contributed by atoms with Gasteiger partial charge in [-0.3, -0.25) is 4.90 Å². The number of hydrogen-bond donors (Lipinski definition) is 1. The summed E-state index contributed by atoms with van der Waals surface area (Å²) in [6, 6.07) is 10.6. The lowest BCUT2D eigenvalue weighted by molar-refractivity contribution is 0.0696. The quantitative estimate of drug-likeness (QED) is 0.742. The van der Waals surface area contributed by atoms with E-state index < -0.39 is 5.97 Å². The number of hydrogen-bond acceptors (Lipinski definition) is 4. The third-order valence-electron chi connectivity index (χ3n) is 5.49. The van der Waals surface area contributed by atoms with Gasteiger partial charge in [0.1, 0.15) is 11.3 Å². The highest BCUT2D eigenvalue weighted by atomic mass is 16.4. The minimum Gasteiger partial charge on any atom is -0.478 e. The van der Waals surface area contributed by atoms with E-state index in [0.29, 0.717) is 17.2 Å². The normalized spacial score (nSPS) is 16.1. The zero-order chi connectivity index (χ0) is 19.0. The molecule has 1 atom stereocenters. The SMILES string of the molecule is CCn1c(-c2ccc([C@H](C)N3CCCC3)cc2)nc2cc(C(=O)O)cnc21. The Hall–Kier alpha value is -2.73. The van der Waals surface area contributed by atoms with Crippen LogP contribution < -0.4 is 0 Å². The van der Waals surface area contributed by atoms with E-state index in [4.69, 9.17) is 0 Å². The minimum atomic E-state index is -0.989. The topological polar surface area (TPSA) is 71.2 Å². The fourth-order valence-electron chi connectivity index (χ4n) is 3.90. The van der Waals surface area contributed by atoms with Gasteiger partial charge in [-0.25, -0.2) is 14.8 Å². The number of benzene rings is 1. The Morgan fingerprint density at radius 3 is 2.56 bits per heavy atom. The maximum absolute atomic E-state index is 11.2. The summed E-state index contributed by atoms with van der Waals surface area (Å²) >= 11 is 0. The van der Waals surface area contributed by atoms with Crippen molar-refractivity contribution < 1.29 is 9.90 Å². The van der Waals surface area contributed by atoms with Crippen molar-refractivity contribution in [2.75, 3.05) is 13.1 Å². The molecule has 1 aliphatic heterocycles. The lowest BCUT2D eigenvalue weighted by Gasteiger charge is -2.24. The zero-order valence-corrected chi connectivity index (χ0v) is 15.7. The number of aryl methyl sites for hydroxylation is 1. The Morgan fingerprint density at radius 2 is 1.93 bits per heavy atom. The van der Waals surface area contributed by atoms with Gasteiger partial charge < -0.3 is 9.67 Å². The molecule has 0 bridgehead atoms. The van der Waals surface area contributed by atoms with Crippen LogP contribution in [0.1, 0.15) is 48.7 Å². The number of pyridine rings is 1. The first-order valence-corrected chi connectivity index (χ1v) is 9.52. The van der Waals surface area contributed by atoms with E-state index in [9.17, 15) is 9.90 Å². The first-order valence-electron chi connectivity index (χ1n) is 9.52. The van der Waals surface area contributed by atoms with Gasteiger partial charge in [0.25, 0.3) is 0 Å². The number of likely N-dealkylation sites (tertiary alicyclic amines) is 1. The number of aromatic nitrogens is 3. The number of carbonyl (C=O) groups is 1. The summed E-state index contributed by atoms with van der Waals surface area (Å²) in [7, 11) is 0. The van der Waals surface area contributed by atoms with E-state index in [2.05, 4.69) is 46.1 Å². The molecule has 3 aromatic rings. The largest absolute Gasteiger partial charge is 0.478 e. The van der Waals surface area contributed by atoms with Crippen LogP contribution in [0.25, 0.3) is 22.6 Å². The van der Waals surface area contributed by atoms with Gasteiger partial charge in [-0.1, -0.05) is 24.3 Å². The maximum Gasteiger partial charge on any atom is 0.337 e. The number of carboxylic acid groups (broad SMARTS) is 1. The smallest absolute Gasteiger partial charge is 0.337 e. The fraction of sp³-hybridized carbons (Fsp3) is 0.381. The standard InChI is InChI=1S/C21H24N4O2/c1-3-25-19(23-18-12-17(21(26)27)13-22-20(18)25)16-8-6-15(7-9-16)14(2)24-10-4-5-11-24/h6-9,12-14H,3-5,10-11H2,1-2H3,(H,26,27)/t14-/m0/s1. The number of fused-ring (bicyclic) bond motifs is 1. The summed E-state index contributed by atoms with van der Waals surface area (Å²) in [5.41, 5.74) is 3.81. The molecule has 0 aliphatic carbocycles. The van der Waals surface area contributed by atoms with Crippen molar-refractivity contribution in [3.8, 4) is 11.4 Å².